The second-order valence-electron chi connectivity index (χ2n) is 3.50. The van der Waals surface area contributed by atoms with Crippen LogP contribution in [0.25, 0.3) is 0 Å². The zero-order valence-electron chi connectivity index (χ0n) is 7.75. The summed E-state index contributed by atoms with van der Waals surface area (Å²) in [4.78, 5) is 11.0. The van der Waals surface area contributed by atoms with Crippen molar-refractivity contribution in [1.82, 2.24) is 0 Å². The van der Waals surface area contributed by atoms with Gasteiger partial charge in [-0.05, 0) is 12.8 Å². The van der Waals surface area contributed by atoms with Gasteiger partial charge in [0, 0.05) is 6.61 Å². The quantitative estimate of drug-likeness (QED) is 0.735. The lowest BCUT2D eigenvalue weighted by atomic mass is 9.75. The van der Waals surface area contributed by atoms with Crippen LogP contribution >= 0.6 is 0 Å². The number of hydrogen-bond donors (Lipinski definition) is 1. The van der Waals surface area contributed by atoms with E-state index in [0.717, 1.165) is 0 Å². The summed E-state index contributed by atoms with van der Waals surface area (Å²) < 4.78 is 18.3. The SMILES string of the molecule is CCCC1(C(=O)O)CCOCC1F. The molecule has 1 saturated heterocycles. The van der Waals surface area contributed by atoms with Crippen LogP contribution in [-0.4, -0.2) is 30.5 Å². The molecule has 1 fully saturated rings. The largest absolute Gasteiger partial charge is 0.481 e. The van der Waals surface area contributed by atoms with Gasteiger partial charge in [-0.25, -0.2) is 4.39 Å². The van der Waals surface area contributed by atoms with E-state index in [4.69, 9.17) is 9.84 Å². The predicted molar refractivity (Wildman–Crippen MR) is 45.3 cm³/mol. The Morgan fingerprint density at radius 1 is 1.77 bits per heavy atom. The fourth-order valence-corrected chi connectivity index (χ4v) is 1.83. The van der Waals surface area contributed by atoms with Crippen molar-refractivity contribution in [3.05, 3.63) is 0 Å². The van der Waals surface area contributed by atoms with E-state index in [1.54, 1.807) is 0 Å². The molecule has 2 atom stereocenters. The summed E-state index contributed by atoms with van der Waals surface area (Å²) in [5.74, 6) is -1.02. The first-order valence-electron chi connectivity index (χ1n) is 4.58. The molecule has 0 radical (unpaired) electrons. The highest BCUT2D eigenvalue weighted by atomic mass is 19.1. The number of alkyl halides is 1. The minimum Gasteiger partial charge on any atom is -0.481 e. The van der Waals surface area contributed by atoms with Gasteiger partial charge >= 0.3 is 5.97 Å². The Labute approximate surface area is 76.9 Å². The number of carboxylic acids is 1. The highest BCUT2D eigenvalue weighted by Gasteiger charge is 2.47. The van der Waals surface area contributed by atoms with Crippen molar-refractivity contribution in [2.75, 3.05) is 13.2 Å². The predicted octanol–water partition coefficient (Wildman–Crippen LogP) is 1.62. The third-order valence-corrected chi connectivity index (χ3v) is 2.68. The Kier molecular flexibility index (Phi) is 3.25. The molecule has 3 nitrogen and oxygen atoms in total. The van der Waals surface area contributed by atoms with Gasteiger partial charge in [0.2, 0.25) is 0 Å². The topological polar surface area (TPSA) is 46.5 Å². The van der Waals surface area contributed by atoms with Crippen LogP contribution in [0.3, 0.4) is 0 Å². The number of hydrogen-bond acceptors (Lipinski definition) is 2. The van der Waals surface area contributed by atoms with Crippen LogP contribution in [0.4, 0.5) is 4.39 Å². The van der Waals surface area contributed by atoms with Crippen LogP contribution in [0.5, 0.6) is 0 Å². The average molecular weight is 190 g/mol. The van der Waals surface area contributed by atoms with E-state index >= 15 is 0 Å². The molecule has 1 aliphatic rings. The molecule has 0 aliphatic carbocycles. The molecule has 1 rings (SSSR count). The number of carboxylic acid groups (broad SMARTS) is 1. The second kappa shape index (κ2) is 4.05. The minimum atomic E-state index is -1.36. The Hall–Kier alpha value is -0.640. The van der Waals surface area contributed by atoms with Crippen molar-refractivity contribution in [1.29, 1.82) is 0 Å². The van der Waals surface area contributed by atoms with E-state index in [1.807, 2.05) is 6.92 Å². The first-order chi connectivity index (χ1) is 6.13. The molecule has 13 heavy (non-hydrogen) atoms. The lowest BCUT2D eigenvalue weighted by molar-refractivity contribution is -0.164. The molecule has 1 N–H and O–H groups in total. The number of halogens is 1. The summed E-state index contributed by atoms with van der Waals surface area (Å²) in [6.07, 6.45) is 0.00963. The van der Waals surface area contributed by atoms with Crippen LogP contribution in [-0.2, 0) is 9.53 Å². The van der Waals surface area contributed by atoms with Crippen molar-refractivity contribution >= 4 is 5.97 Å². The summed E-state index contributed by atoms with van der Waals surface area (Å²) in [7, 11) is 0. The van der Waals surface area contributed by atoms with Gasteiger partial charge in [0.05, 0.1) is 6.61 Å². The highest BCUT2D eigenvalue weighted by molar-refractivity contribution is 5.75. The molecule has 0 aromatic heterocycles. The summed E-state index contributed by atoms with van der Waals surface area (Å²) in [5, 5.41) is 8.99. The molecule has 0 aromatic carbocycles. The van der Waals surface area contributed by atoms with E-state index in [9.17, 15) is 9.18 Å². The standard InChI is InChI=1S/C9H15FO3/c1-2-3-9(8(11)12)4-5-13-6-7(9)10/h7H,2-6H2,1H3,(H,11,12). The molecule has 1 heterocycles. The van der Waals surface area contributed by atoms with Crippen LogP contribution < -0.4 is 0 Å². The third kappa shape index (κ3) is 1.82. The van der Waals surface area contributed by atoms with Gasteiger partial charge in [0.1, 0.15) is 11.6 Å². The van der Waals surface area contributed by atoms with Gasteiger partial charge in [-0.15, -0.1) is 0 Å². The minimum absolute atomic E-state index is 0.0771. The Balaban J connectivity index is 2.79. The van der Waals surface area contributed by atoms with Crippen molar-refractivity contribution < 1.29 is 19.0 Å². The van der Waals surface area contributed by atoms with Gasteiger partial charge in [-0.1, -0.05) is 13.3 Å². The lowest BCUT2D eigenvalue weighted by Crippen LogP contribution is -2.46. The van der Waals surface area contributed by atoms with E-state index < -0.39 is 17.6 Å². The average Bonchev–Trinajstić information content (AvgIpc) is 2.09. The number of aliphatic carboxylic acids is 1. The van der Waals surface area contributed by atoms with E-state index in [2.05, 4.69) is 0 Å². The van der Waals surface area contributed by atoms with Crippen molar-refractivity contribution in [2.24, 2.45) is 5.41 Å². The zero-order valence-corrected chi connectivity index (χ0v) is 7.75. The Morgan fingerprint density at radius 3 is 2.92 bits per heavy atom. The highest BCUT2D eigenvalue weighted by Crippen LogP contribution is 2.37. The maximum absolute atomic E-state index is 13.4. The third-order valence-electron chi connectivity index (χ3n) is 2.68. The van der Waals surface area contributed by atoms with Crippen LogP contribution in [0, 0.1) is 5.41 Å². The van der Waals surface area contributed by atoms with Crippen molar-refractivity contribution in [3.63, 3.8) is 0 Å². The molecule has 0 saturated carbocycles. The Bertz CT molecular complexity index is 191. The maximum atomic E-state index is 13.4. The maximum Gasteiger partial charge on any atom is 0.312 e. The van der Waals surface area contributed by atoms with Gasteiger partial charge in [0.15, 0.2) is 0 Å². The molecule has 0 amide bonds. The van der Waals surface area contributed by atoms with Gasteiger partial charge in [-0.3, -0.25) is 4.79 Å². The first kappa shape index (κ1) is 10.4. The lowest BCUT2D eigenvalue weighted by Gasteiger charge is -2.35. The molecule has 4 heteroatoms. The number of rotatable bonds is 3. The fraction of sp³-hybridized carbons (Fsp3) is 0.889. The van der Waals surface area contributed by atoms with Gasteiger partial charge < -0.3 is 9.84 Å². The van der Waals surface area contributed by atoms with E-state index in [0.29, 0.717) is 19.4 Å². The smallest absolute Gasteiger partial charge is 0.312 e. The van der Waals surface area contributed by atoms with E-state index in [-0.39, 0.29) is 13.0 Å². The second-order valence-corrected chi connectivity index (χ2v) is 3.50. The molecular formula is C9H15FO3. The summed E-state index contributed by atoms with van der Waals surface area (Å²) >= 11 is 0. The fourth-order valence-electron chi connectivity index (χ4n) is 1.83. The normalized spacial score (nSPS) is 34.5. The first-order valence-corrected chi connectivity index (χ1v) is 4.58. The summed E-state index contributed by atoms with van der Waals surface area (Å²) in [6.45, 7) is 2.14. The van der Waals surface area contributed by atoms with Crippen LogP contribution in [0.1, 0.15) is 26.2 Å². The molecule has 0 bridgehead atoms. The van der Waals surface area contributed by atoms with Gasteiger partial charge in [-0.2, -0.15) is 0 Å². The molecule has 76 valence electrons. The van der Waals surface area contributed by atoms with Crippen molar-refractivity contribution in [3.8, 4) is 0 Å². The Morgan fingerprint density at radius 2 is 2.46 bits per heavy atom. The van der Waals surface area contributed by atoms with Crippen LogP contribution in [0.15, 0.2) is 0 Å². The van der Waals surface area contributed by atoms with Gasteiger partial charge in [0.25, 0.3) is 0 Å². The molecule has 2 unspecified atom stereocenters. The zero-order chi connectivity index (χ0) is 9.90. The molecule has 0 spiro atoms. The summed E-state index contributed by atoms with van der Waals surface area (Å²) in [6, 6.07) is 0. The van der Waals surface area contributed by atoms with E-state index in [1.165, 1.54) is 0 Å². The number of carbonyl (C=O) groups is 1. The molecule has 0 aromatic rings. The van der Waals surface area contributed by atoms with Crippen molar-refractivity contribution in [2.45, 2.75) is 32.4 Å². The monoisotopic (exact) mass is 190 g/mol. The molecular weight excluding hydrogens is 175 g/mol. The number of ether oxygens (including phenoxy) is 1. The summed E-state index contributed by atoms with van der Waals surface area (Å²) in [5.41, 5.74) is -1.19. The molecule has 1 aliphatic heterocycles. The van der Waals surface area contributed by atoms with Crippen LogP contribution in [0.2, 0.25) is 0 Å².